The quantitative estimate of drug-likeness (QED) is 0.863. The van der Waals surface area contributed by atoms with Gasteiger partial charge in [0.1, 0.15) is 11.6 Å². The summed E-state index contributed by atoms with van der Waals surface area (Å²) in [6.45, 7) is 2.06. The zero-order valence-electron chi connectivity index (χ0n) is 9.78. The van der Waals surface area contributed by atoms with Gasteiger partial charge < -0.3 is 5.11 Å². The molecule has 0 saturated carbocycles. The van der Waals surface area contributed by atoms with Crippen molar-refractivity contribution >= 4 is 5.97 Å². The number of carboxylic acid groups (broad SMARTS) is 1. The van der Waals surface area contributed by atoms with E-state index in [0.29, 0.717) is 12.1 Å². The van der Waals surface area contributed by atoms with Crippen molar-refractivity contribution in [1.29, 1.82) is 0 Å². The Labute approximate surface area is 98.7 Å². The minimum Gasteiger partial charge on any atom is -0.481 e. The van der Waals surface area contributed by atoms with Crippen molar-refractivity contribution in [2.45, 2.75) is 19.4 Å². The summed E-state index contributed by atoms with van der Waals surface area (Å²) in [5.74, 6) is -2.13. The van der Waals surface area contributed by atoms with Gasteiger partial charge in [-0.05, 0) is 20.0 Å². The predicted molar refractivity (Wildman–Crippen MR) is 59.7 cm³/mol. The predicted octanol–water partition coefficient (Wildman–Crippen LogP) is 2.43. The number of benzene rings is 1. The van der Waals surface area contributed by atoms with Crippen LogP contribution >= 0.6 is 0 Å². The second-order valence-corrected chi connectivity index (χ2v) is 3.97. The average molecular weight is 243 g/mol. The van der Waals surface area contributed by atoms with Gasteiger partial charge in [0.25, 0.3) is 0 Å². The molecule has 3 nitrogen and oxygen atoms in total. The van der Waals surface area contributed by atoms with Gasteiger partial charge in [0.2, 0.25) is 0 Å². The van der Waals surface area contributed by atoms with Gasteiger partial charge in [0.15, 0.2) is 0 Å². The molecule has 0 aliphatic rings. The summed E-state index contributed by atoms with van der Waals surface area (Å²) in [6, 6.07) is 3.11. The van der Waals surface area contributed by atoms with Crippen LogP contribution in [0.4, 0.5) is 8.78 Å². The van der Waals surface area contributed by atoms with Crippen LogP contribution < -0.4 is 0 Å². The normalized spacial score (nSPS) is 12.8. The van der Waals surface area contributed by atoms with Gasteiger partial charge in [0, 0.05) is 24.2 Å². The average Bonchev–Trinajstić information content (AvgIpc) is 2.25. The molecule has 1 unspecified atom stereocenters. The van der Waals surface area contributed by atoms with Crippen LogP contribution in [0.2, 0.25) is 0 Å². The minimum atomic E-state index is -0.899. The Hall–Kier alpha value is -1.49. The van der Waals surface area contributed by atoms with Crippen molar-refractivity contribution in [2.24, 2.45) is 0 Å². The van der Waals surface area contributed by atoms with Crippen molar-refractivity contribution < 1.29 is 18.7 Å². The molecule has 17 heavy (non-hydrogen) atoms. The van der Waals surface area contributed by atoms with Crippen LogP contribution in [0.3, 0.4) is 0 Å². The molecular formula is C12H15F2NO2. The molecule has 1 aromatic rings. The Morgan fingerprint density at radius 3 is 2.65 bits per heavy atom. The van der Waals surface area contributed by atoms with E-state index >= 15 is 0 Å². The van der Waals surface area contributed by atoms with Crippen molar-refractivity contribution in [3.8, 4) is 0 Å². The number of nitrogens with zero attached hydrogens (tertiary/aromatic N) is 1. The Morgan fingerprint density at radius 2 is 2.12 bits per heavy atom. The van der Waals surface area contributed by atoms with E-state index in [-0.39, 0.29) is 12.5 Å². The molecule has 0 heterocycles. The van der Waals surface area contributed by atoms with Gasteiger partial charge in [-0.1, -0.05) is 6.07 Å². The molecule has 0 bridgehead atoms. The Kier molecular flexibility index (Phi) is 4.57. The molecule has 0 fully saturated rings. The van der Waals surface area contributed by atoms with Crippen molar-refractivity contribution in [3.05, 3.63) is 35.4 Å². The second-order valence-electron chi connectivity index (χ2n) is 3.97. The lowest BCUT2D eigenvalue weighted by atomic mass is 10.1. The summed E-state index contributed by atoms with van der Waals surface area (Å²) in [5.41, 5.74) is 0.360. The smallest absolute Gasteiger partial charge is 0.304 e. The molecule has 1 N–H and O–H groups in total. The number of carbonyl (C=O) groups is 1. The molecule has 0 aliphatic heterocycles. The second kappa shape index (κ2) is 5.72. The van der Waals surface area contributed by atoms with E-state index in [4.69, 9.17) is 5.11 Å². The third-order valence-corrected chi connectivity index (χ3v) is 2.75. The fraction of sp³-hybridized carbons (Fsp3) is 0.417. The van der Waals surface area contributed by atoms with E-state index in [1.165, 1.54) is 12.1 Å². The highest BCUT2D eigenvalue weighted by Crippen LogP contribution is 2.22. The summed E-state index contributed by atoms with van der Waals surface area (Å²) in [6.07, 6.45) is -0.0103. The van der Waals surface area contributed by atoms with Gasteiger partial charge in [-0.2, -0.15) is 0 Å². The maximum absolute atomic E-state index is 13.5. The monoisotopic (exact) mass is 243 g/mol. The van der Waals surface area contributed by atoms with Crippen LogP contribution in [0.25, 0.3) is 0 Å². The first-order chi connectivity index (χ1) is 7.91. The summed E-state index contributed by atoms with van der Waals surface area (Å²) in [4.78, 5) is 12.1. The molecule has 1 rings (SSSR count). The lowest BCUT2D eigenvalue weighted by Crippen LogP contribution is -2.25. The Balaban J connectivity index is 2.74. The molecule has 0 spiro atoms. The number of hydrogen-bond acceptors (Lipinski definition) is 2. The van der Waals surface area contributed by atoms with Crippen molar-refractivity contribution in [2.75, 3.05) is 13.6 Å². The fourth-order valence-corrected chi connectivity index (χ4v) is 1.54. The first kappa shape index (κ1) is 13.6. The van der Waals surface area contributed by atoms with E-state index in [1.54, 1.807) is 18.9 Å². The fourth-order valence-electron chi connectivity index (χ4n) is 1.54. The SMILES string of the molecule is CC(c1ccc(F)cc1F)N(C)CCC(=O)O. The van der Waals surface area contributed by atoms with Crippen LogP contribution in [-0.2, 0) is 4.79 Å². The summed E-state index contributed by atoms with van der Waals surface area (Å²) in [5, 5.41) is 8.56. The number of rotatable bonds is 5. The van der Waals surface area contributed by atoms with Crippen LogP contribution in [0.15, 0.2) is 18.2 Å². The minimum absolute atomic E-state index is 0.0103. The van der Waals surface area contributed by atoms with E-state index in [9.17, 15) is 13.6 Å². The molecule has 0 saturated heterocycles. The number of carboxylic acids is 1. The zero-order valence-corrected chi connectivity index (χ0v) is 9.78. The topological polar surface area (TPSA) is 40.5 Å². The largest absolute Gasteiger partial charge is 0.481 e. The third-order valence-electron chi connectivity index (χ3n) is 2.75. The van der Waals surface area contributed by atoms with Gasteiger partial charge >= 0.3 is 5.97 Å². The van der Waals surface area contributed by atoms with E-state index in [2.05, 4.69) is 0 Å². The molecule has 0 amide bonds. The lowest BCUT2D eigenvalue weighted by molar-refractivity contribution is -0.137. The van der Waals surface area contributed by atoms with E-state index < -0.39 is 17.6 Å². The highest BCUT2D eigenvalue weighted by molar-refractivity contribution is 5.66. The summed E-state index contributed by atoms with van der Waals surface area (Å²) in [7, 11) is 1.70. The van der Waals surface area contributed by atoms with Gasteiger partial charge in [-0.25, -0.2) is 8.78 Å². The molecule has 1 atom stereocenters. The Bertz CT molecular complexity index is 409. The summed E-state index contributed by atoms with van der Waals surface area (Å²) >= 11 is 0. The first-order valence-corrected chi connectivity index (χ1v) is 5.28. The van der Waals surface area contributed by atoms with Crippen LogP contribution in [0, 0.1) is 11.6 Å². The molecule has 0 radical (unpaired) electrons. The van der Waals surface area contributed by atoms with Crippen LogP contribution in [0.1, 0.15) is 24.9 Å². The molecule has 1 aromatic carbocycles. The maximum atomic E-state index is 13.5. The van der Waals surface area contributed by atoms with E-state index in [1.807, 2.05) is 0 Å². The molecule has 0 aromatic heterocycles. The van der Waals surface area contributed by atoms with Crippen LogP contribution in [-0.4, -0.2) is 29.6 Å². The number of halogens is 2. The van der Waals surface area contributed by atoms with E-state index in [0.717, 1.165) is 6.07 Å². The Morgan fingerprint density at radius 1 is 1.47 bits per heavy atom. The molecule has 5 heteroatoms. The molecule has 0 aliphatic carbocycles. The number of hydrogen-bond donors (Lipinski definition) is 1. The standard InChI is InChI=1S/C12H15F2NO2/c1-8(15(2)6-5-12(16)17)10-4-3-9(13)7-11(10)14/h3-4,7-8H,5-6H2,1-2H3,(H,16,17). The van der Waals surface area contributed by atoms with Gasteiger partial charge in [0.05, 0.1) is 6.42 Å². The van der Waals surface area contributed by atoms with Gasteiger partial charge in [-0.3, -0.25) is 9.69 Å². The summed E-state index contributed by atoms with van der Waals surface area (Å²) < 4.78 is 26.2. The van der Waals surface area contributed by atoms with Crippen LogP contribution in [0.5, 0.6) is 0 Å². The highest BCUT2D eigenvalue weighted by atomic mass is 19.1. The number of aliphatic carboxylic acids is 1. The first-order valence-electron chi connectivity index (χ1n) is 5.28. The molecule has 94 valence electrons. The van der Waals surface area contributed by atoms with Crippen molar-refractivity contribution in [1.82, 2.24) is 4.90 Å². The zero-order chi connectivity index (χ0) is 13.0. The third kappa shape index (κ3) is 3.78. The van der Waals surface area contributed by atoms with Crippen molar-refractivity contribution in [3.63, 3.8) is 0 Å². The van der Waals surface area contributed by atoms with Gasteiger partial charge in [-0.15, -0.1) is 0 Å². The molecular weight excluding hydrogens is 228 g/mol. The maximum Gasteiger partial charge on any atom is 0.304 e. The lowest BCUT2D eigenvalue weighted by Gasteiger charge is -2.24. The highest BCUT2D eigenvalue weighted by Gasteiger charge is 2.16.